The largest absolute Gasteiger partial charge is 0.475 e. The predicted octanol–water partition coefficient (Wildman–Crippen LogP) is 2.17. The molecule has 0 radical (unpaired) electrons. The van der Waals surface area contributed by atoms with Crippen molar-refractivity contribution in [2.75, 3.05) is 32.8 Å². The van der Waals surface area contributed by atoms with Crippen LogP contribution < -0.4 is 10.1 Å². The van der Waals surface area contributed by atoms with Crippen molar-refractivity contribution in [2.45, 2.75) is 32.3 Å². The number of amides is 1. The van der Waals surface area contributed by atoms with Crippen LogP contribution in [0.25, 0.3) is 0 Å². The number of anilines is 1. The molecule has 1 atom stereocenters. The van der Waals surface area contributed by atoms with Crippen molar-refractivity contribution in [3.05, 3.63) is 17.8 Å². The van der Waals surface area contributed by atoms with Crippen molar-refractivity contribution in [1.82, 2.24) is 4.98 Å². The maximum atomic E-state index is 12.4. The first kappa shape index (κ1) is 16.7. The summed E-state index contributed by atoms with van der Waals surface area (Å²) < 4.78 is 15.9. The molecule has 0 aliphatic heterocycles. The quantitative estimate of drug-likeness (QED) is 0.745. The van der Waals surface area contributed by atoms with Crippen LogP contribution in [0.3, 0.4) is 0 Å². The van der Waals surface area contributed by atoms with Crippen LogP contribution in [-0.4, -0.2) is 43.9 Å². The number of methoxy groups -OCH3 is 2. The highest BCUT2D eigenvalue weighted by Crippen LogP contribution is 2.42. The fraction of sp³-hybridized carbons (Fsp3) is 0.625. The second-order valence-electron chi connectivity index (χ2n) is 5.73. The normalized spacial score (nSPS) is 16.9. The van der Waals surface area contributed by atoms with Crippen LogP contribution in [0, 0.1) is 12.8 Å². The summed E-state index contributed by atoms with van der Waals surface area (Å²) in [5, 5.41) is 2.88. The molecule has 1 aliphatic rings. The highest BCUT2D eigenvalue weighted by molar-refractivity contribution is 5.97. The maximum Gasteiger partial charge on any atom is 0.256 e. The molecule has 0 aromatic carbocycles. The van der Waals surface area contributed by atoms with Gasteiger partial charge in [0.2, 0.25) is 5.88 Å². The maximum absolute atomic E-state index is 12.4. The van der Waals surface area contributed by atoms with Gasteiger partial charge in [-0.2, -0.15) is 0 Å². The second-order valence-corrected chi connectivity index (χ2v) is 5.73. The molecule has 6 nitrogen and oxygen atoms in total. The minimum atomic E-state index is -0.776. The fourth-order valence-corrected chi connectivity index (χ4v) is 2.34. The number of aryl methyl sites for hydroxylation is 1. The van der Waals surface area contributed by atoms with Crippen LogP contribution in [0.5, 0.6) is 5.88 Å². The zero-order valence-electron chi connectivity index (χ0n) is 13.6. The molecule has 2 rings (SSSR count). The summed E-state index contributed by atoms with van der Waals surface area (Å²) in [5.74, 6) is 0.710. The Bertz CT molecular complexity index is 531. The summed E-state index contributed by atoms with van der Waals surface area (Å²) in [6.07, 6.45) is 3.65. The molecule has 6 heteroatoms. The Morgan fingerprint density at radius 2 is 2.14 bits per heavy atom. The van der Waals surface area contributed by atoms with Crippen LogP contribution in [-0.2, 0) is 14.3 Å². The number of ether oxygens (including phenoxy) is 3. The molecule has 1 fully saturated rings. The van der Waals surface area contributed by atoms with E-state index in [2.05, 4.69) is 10.3 Å². The summed E-state index contributed by atoms with van der Waals surface area (Å²) >= 11 is 0. The third-order valence-corrected chi connectivity index (χ3v) is 4.05. The van der Waals surface area contributed by atoms with Gasteiger partial charge in [-0.25, -0.2) is 4.98 Å². The summed E-state index contributed by atoms with van der Waals surface area (Å²) in [6, 6.07) is 1.84. The number of carbonyl (C=O) groups excluding carboxylic acids is 1. The minimum Gasteiger partial charge on any atom is -0.475 e. The Morgan fingerprint density at radius 1 is 1.41 bits per heavy atom. The van der Waals surface area contributed by atoms with Gasteiger partial charge >= 0.3 is 0 Å². The summed E-state index contributed by atoms with van der Waals surface area (Å²) in [4.78, 5) is 16.7. The third kappa shape index (κ3) is 3.75. The number of carbonyl (C=O) groups is 1. The minimum absolute atomic E-state index is 0.133. The molecule has 1 heterocycles. The average molecular weight is 308 g/mol. The lowest BCUT2D eigenvalue weighted by atomic mass is 9.99. The van der Waals surface area contributed by atoms with Crippen LogP contribution >= 0.6 is 0 Å². The van der Waals surface area contributed by atoms with Crippen molar-refractivity contribution in [2.24, 2.45) is 5.92 Å². The molecule has 1 aliphatic carbocycles. The first-order chi connectivity index (χ1) is 10.5. The van der Waals surface area contributed by atoms with Gasteiger partial charge in [0.1, 0.15) is 12.2 Å². The molecule has 0 saturated heterocycles. The summed E-state index contributed by atoms with van der Waals surface area (Å²) in [5.41, 5.74) is 0.728. The molecule has 1 amide bonds. The zero-order valence-corrected chi connectivity index (χ0v) is 13.6. The number of nitrogens with zero attached hydrogens (tertiary/aromatic N) is 1. The number of hydrogen-bond donors (Lipinski definition) is 1. The van der Waals surface area contributed by atoms with E-state index in [0.29, 0.717) is 30.7 Å². The fourth-order valence-electron chi connectivity index (χ4n) is 2.34. The number of aromatic nitrogens is 1. The Balaban J connectivity index is 2.01. The van der Waals surface area contributed by atoms with Gasteiger partial charge in [0.05, 0.1) is 18.5 Å². The molecule has 1 aromatic rings. The molecule has 0 bridgehead atoms. The van der Waals surface area contributed by atoms with Crippen molar-refractivity contribution in [3.63, 3.8) is 0 Å². The van der Waals surface area contributed by atoms with Crippen molar-refractivity contribution >= 4 is 11.6 Å². The molecular weight excluding hydrogens is 284 g/mol. The molecule has 122 valence electrons. The molecular formula is C16H24N2O4. The van der Waals surface area contributed by atoms with Gasteiger partial charge in [-0.1, -0.05) is 0 Å². The predicted molar refractivity (Wildman–Crippen MR) is 83.1 cm³/mol. The smallest absolute Gasteiger partial charge is 0.256 e. The van der Waals surface area contributed by atoms with Gasteiger partial charge < -0.3 is 19.5 Å². The summed E-state index contributed by atoms with van der Waals surface area (Å²) in [6.45, 7) is 4.68. The lowest BCUT2D eigenvalue weighted by Gasteiger charge is -2.26. The van der Waals surface area contributed by atoms with E-state index in [1.54, 1.807) is 20.4 Å². The highest BCUT2D eigenvalue weighted by atomic mass is 16.5. The number of pyridine rings is 1. The van der Waals surface area contributed by atoms with E-state index in [4.69, 9.17) is 14.2 Å². The lowest BCUT2D eigenvalue weighted by molar-refractivity contribution is -0.138. The molecule has 1 saturated carbocycles. The molecule has 1 N–H and O–H groups in total. The Morgan fingerprint density at radius 3 is 2.68 bits per heavy atom. The molecule has 0 unspecified atom stereocenters. The van der Waals surface area contributed by atoms with Gasteiger partial charge in [0, 0.05) is 19.8 Å². The van der Waals surface area contributed by atoms with Gasteiger partial charge in [-0.05, 0) is 38.7 Å². The standard InChI is InChI=1S/C16H24N2O4/c1-11-9-13(10-17-14(11)22-8-7-20-3)18-15(19)16(2,21-4)12-5-6-12/h9-10,12H,5-8H2,1-4H3,(H,18,19)/t16-/m0/s1. The number of rotatable bonds is 8. The number of hydrogen-bond acceptors (Lipinski definition) is 5. The lowest BCUT2D eigenvalue weighted by Crippen LogP contribution is -2.44. The van der Waals surface area contributed by atoms with Gasteiger partial charge in [-0.15, -0.1) is 0 Å². The third-order valence-electron chi connectivity index (χ3n) is 4.05. The summed E-state index contributed by atoms with van der Waals surface area (Å²) in [7, 11) is 3.20. The topological polar surface area (TPSA) is 69.7 Å². The van der Waals surface area contributed by atoms with E-state index in [1.165, 1.54) is 0 Å². The average Bonchev–Trinajstić information content (AvgIpc) is 3.34. The first-order valence-corrected chi connectivity index (χ1v) is 7.46. The SMILES string of the molecule is COCCOc1ncc(NC(=O)[C@@](C)(OC)C2CC2)cc1C. The van der Waals surface area contributed by atoms with E-state index in [0.717, 1.165) is 18.4 Å². The van der Waals surface area contributed by atoms with E-state index >= 15 is 0 Å². The molecule has 0 spiro atoms. The van der Waals surface area contributed by atoms with Crippen LogP contribution in [0.2, 0.25) is 0 Å². The number of nitrogens with one attached hydrogen (secondary N) is 1. The van der Waals surface area contributed by atoms with Crippen LogP contribution in [0.1, 0.15) is 25.3 Å². The molecule has 22 heavy (non-hydrogen) atoms. The van der Waals surface area contributed by atoms with Crippen molar-refractivity contribution in [3.8, 4) is 5.88 Å². The molecule has 1 aromatic heterocycles. The Kier molecular flexibility index (Phi) is 5.37. The Hall–Kier alpha value is -1.66. The van der Waals surface area contributed by atoms with Crippen LogP contribution in [0.15, 0.2) is 12.3 Å². The van der Waals surface area contributed by atoms with Crippen molar-refractivity contribution < 1.29 is 19.0 Å². The van der Waals surface area contributed by atoms with Gasteiger partial charge in [0.15, 0.2) is 0 Å². The van der Waals surface area contributed by atoms with E-state index in [1.807, 2.05) is 19.9 Å². The van der Waals surface area contributed by atoms with E-state index < -0.39 is 5.60 Å². The van der Waals surface area contributed by atoms with Crippen molar-refractivity contribution in [1.29, 1.82) is 0 Å². The van der Waals surface area contributed by atoms with Crippen LogP contribution in [0.4, 0.5) is 5.69 Å². The second kappa shape index (κ2) is 7.07. The van der Waals surface area contributed by atoms with Gasteiger partial charge in [-0.3, -0.25) is 4.79 Å². The van der Waals surface area contributed by atoms with E-state index in [-0.39, 0.29) is 5.91 Å². The highest BCUT2D eigenvalue weighted by Gasteiger charge is 2.47. The van der Waals surface area contributed by atoms with E-state index in [9.17, 15) is 4.79 Å². The van der Waals surface area contributed by atoms with Gasteiger partial charge in [0.25, 0.3) is 5.91 Å². The Labute approximate surface area is 131 Å². The first-order valence-electron chi connectivity index (χ1n) is 7.46. The monoisotopic (exact) mass is 308 g/mol. The zero-order chi connectivity index (χ0) is 16.2.